The summed E-state index contributed by atoms with van der Waals surface area (Å²) in [5, 5.41) is 8.36. The summed E-state index contributed by atoms with van der Waals surface area (Å²) >= 11 is 0. The van der Waals surface area contributed by atoms with E-state index in [9.17, 15) is 8.42 Å². The van der Waals surface area contributed by atoms with Crippen LogP contribution in [0.3, 0.4) is 0 Å². The highest BCUT2D eigenvalue weighted by molar-refractivity contribution is 8.13. The Balaban J connectivity index is 2.81. The van der Waals surface area contributed by atoms with E-state index in [0.29, 0.717) is 19.4 Å². The third kappa shape index (κ3) is 4.31. The van der Waals surface area contributed by atoms with Crippen LogP contribution in [0.2, 0.25) is 0 Å². The Morgan fingerprint density at radius 2 is 2.22 bits per heavy atom. The summed E-state index contributed by atoms with van der Waals surface area (Å²) in [5.41, 5.74) is 0. The van der Waals surface area contributed by atoms with Crippen molar-refractivity contribution in [3.8, 4) is 6.07 Å². The van der Waals surface area contributed by atoms with Gasteiger partial charge in [0.2, 0.25) is 0 Å². The molecule has 5 nitrogen and oxygen atoms in total. The molecular formula is C11H16ClN3O2S. The van der Waals surface area contributed by atoms with Crippen LogP contribution in [0.15, 0.2) is 11.2 Å². The zero-order valence-corrected chi connectivity index (χ0v) is 11.8. The Morgan fingerprint density at radius 1 is 1.50 bits per heavy atom. The maximum Gasteiger partial charge on any atom is 0.280 e. The number of hydrogen-bond acceptors (Lipinski definition) is 4. The van der Waals surface area contributed by atoms with Crippen molar-refractivity contribution in [3.05, 3.63) is 12.0 Å². The van der Waals surface area contributed by atoms with Gasteiger partial charge in [-0.25, -0.2) is 13.4 Å². The van der Waals surface area contributed by atoms with Gasteiger partial charge in [-0.15, -0.1) is 0 Å². The molecule has 0 saturated heterocycles. The zero-order valence-electron chi connectivity index (χ0n) is 10.3. The minimum atomic E-state index is -3.77. The molecule has 0 unspecified atom stereocenters. The lowest BCUT2D eigenvalue weighted by Gasteiger charge is -2.05. The summed E-state index contributed by atoms with van der Waals surface area (Å²) in [6, 6.07) is 2.08. The molecule has 100 valence electrons. The van der Waals surface area contributed by atoms with E-state index in [2.05, 4.69) is 11.1 Å². The van der Waals surface area contributed by atoms with E-state index < -0.39 is 9.05 Å². The van der Waals surface area contributed by atoms with Crippen LogP contribution < -0.4 is 0 Å². The quantitative estimate of drug-likeness (QED) is 0.571. The summed E-state index contributed by atoms with van der Waals surface area (Å²) in [6.07, 6.45) is 5.20. The van der Waals surface area contributed by atoms with Gasteiger partial charge in [0, 0.05) is 36.3 Å². The average Bonchev–Trinajstić information content (AvgIpc) is 2.68. The van der Waals surface area contributed by atoms with Crippen molar-refractivity contribution in [2.24, 2.45) is 0 Å². The maximum atomic E-state index is 11.2. The van der Waals surface area contributed by atoms with Crippen molar-refractivity contribution < 1.29 is 8.42 Å². The van der Waals surface area contributed by atoms with Gasteiger partial charge in [0.1, 0.15) is 5.82 Å². The molecule has 0 fully saturated rings. The van der Waals surface area contributed by atoms with Crippen molar-refractivity contribution in [1.29, 1.82) is 5.26 Å². The zero-order chi connectivity index (χ0) is 13.6. The minimum Gasteiger partial charge on any atom is -0.333 e. The molecule has 0 aliphatic heterocycles. The standard InChI is InChI=1S/C11H16ClN3O2S/c1-2-6-10-14-11(18(12,16)17)9-15(10)8-5-3-4-7-13/h9H,2-6,8H2,1H3. The first-order valence-corrected chi connectivity index (χ1v) is 8.17. The monoisotopic (exact) mass is 289 g/mol. The summed E-state index contributed by atoms with van der Waals surface area (Å²) in [5.74, 6) is 0.730. The summed E-state index contributed by atoms with van der Waals surface area (Å²) in [7, 11) is 1.51. The second-order valence-electron chi connectivity index (χ2n) is 3.99. The van der Waals surface area contributed by atoms with Crippen molar-refractivity contribution >= 4 is 19.7 Å². The molecule has 0 aliphatic rings. The summed E-state index contributed by atoms with van der Waals surface area (Å²) in [6.45, 7) is 2.67. The number of unbranched alkanes of at least 4 members (excludes halogenated alkanes) is 2. The molecule has 0 radical (unpaired) electrons. The third-order valence-corrected chi connectivity index (χ3v) is 3.67. The average molecular weight is 290 g/mol. The Labute approximate surface area is 112 Å². The van der Waals surface area contributed by atoms with Gasteiger partial charge in [-0.2, -0.15) is 5.26 Å². The molecule has 1 aromatic heterocycles. The first kappa shape index (κ1) is 15.0. The number of nitrogens with zero attached hydrogens (tertiary/aromatic N) is 3. The molecule has 7 heteroatoms. The predicted molar refractivity (Wildman–Crippen MR) is 68.7 cm³/mol. The molecule has 0 bridgehead atoms. The Morgan fingerprint density at radius 3 is 2.78 bits per heavy atom. The Bertz CT molecular complexity index is 531. The van der Waals surface area contributed by atoms with Crippen LogP contribution in [0.5, 0.6) is 0 Å². The first-order chi connectivity index (χ1) is 8.49. The fourth-order valence-corrected chi connectivity index (χ4v) is 2.34. The van der Waals surface area contributed by atoms with E-state index in [0.717, 1.165) is 25.1 Å². The Kier molecular flexibility index (Phi) is 5.63. The van der Waals surface area contributed by atoms with Gasteiger partial charge in [0.15, 0.2) is 5.03 Å². The SMILES string of the molecule is CCCc1nc(S(=O)(=O)Cl)cn1CCCCC#N. The molecule has 0 aromatic carbocycles. The highest BCUT2D eigenvalue weighted by Crippen LogP contribution is 2.16. The molecule has 18 heavy (non-hydrogen) atoms. The fraction of sp³-hybridized carbons (Fsp3) is 0.636. The largest absolute Gasteiger partial charge is 0.333 e. The van der Waals surface area contributed by atoms with Crippen LogP contribution in [-0.2, 0) is 22.0 Å². The lowest BCUT2D eigenvalue weighted by molar-refractivity contribution is 0.586. The van der Waals surface area contributed by atoms with Gasteiger partial charge in [-0.3, -0.25) is 0 Å². The van der Waals surface area contributed by atoms with E-state index in [-0.39, 0.29) is 5.03 Å². The van der Waals surface area contributed by atoms with Crippen LogP contribution >= 0.6 is 10.7 Å². The van der Waals surface area contributed by atoms with E-state index in [1.165, 1.54) is 6.20 Å². The molecule has 0 N–H and O–H groups in total. The number of nitriles is 1. The highest BCUT2D eigenvalue weighted by Gasteiger charge is 2.17. The molecule has 1 aromatic rings. The first-order valence-electron chi connectivity index (χ1n) is 5.86. The molecule has 0 spiro atoms. The van der Waals surface area contributed by atoms with Crippen molar-refractivity contribution in [3.63, 3.8) is 0 Å². The molecular weight excluding hydrogens is 274 g/mol. The van der Waals surface area contributed by atoms with Crippen molar-refractivity contribution in [2.45, 2.75) is 50.6 Å². The van der Waals surface area contributed by atoms with E-state index >= 15 is 0 Å². The van der Waals surface area contributed by atoms with Crippen LogP contribution in [0.4, 0.5) is 0 Å². The minimum absolute atomic E-state index is 0.0899. The molecule has 0 atom stereocenters. The number of hydrogen-bond donors (Lipinski definition) is 0. The van der Waals surface area contributed by atoms with E-state index in [1.54, 1.807) is 0 Å². The van der Waals surface area contributed by atoms with Gasteiger partial charge in [0.05, 0.1) is 6.07 Å². The Hall–Kier alpha value is -1.06. The van der Waals surface area contributed by atoms with Crippen LogP contribution in [0.25, 0.3) is 0 Å². The highest BCUT2D eigenvalue weighted by atomic mass is 35.7. The molecule has 1 rings (SSSR count). The van der Waals surface area contributed by atoms with Gasteiger partial charge in [0.25, 0.3) is 9.05 Å². The number of halogens is 1. The lowest BCUT2D eigenvalue weighted by Crippen LogP contribution is -2.02. The second kappa shape index (κ2) is 6.76. The fourth-order valence-electron chi connectivity index (χ4n) is 1.65. The number of imidazole rings is 1. The molecule has 0 aliphatic carbocycles. The van der Waals surface area contributed by atoms with Crippen LogP contribution in [0, 0.1) is 11.3 Å². The van der Waals surface area contributed by atoms with Gasteiger partial charge in [-0.1, -0.05) is 6.92 Å². The third-order valence-electron chi connectivity index (χ3n) is 2.50. The van der Waals surface area contributed by atoms with Crippen LogP contribution in [0.1, 0.15) is 38.4 Å². The van der Waals surface area contributed by atoms with E-state index in [1.807, 2.05) is 11.5 Å². The molecule has 0 saturated carbocycles. The lowest BCUT2D eigenvalue weighted by atomic mass is 10.2. The predicted octanol–water partition coefficient (Wildman–Crippen LogP) is 2.46. The summed E-state index contributed by atoms with van der Waals surface area (Å²) in [4.78, 5) is 4.05. The second-order valence-corrected chi connectivity index (χ2v) is 6.50. The molecule has 0 amide bonds. The van der Waals surface area contributed by atoms with Gasteiger partial charge in [-0.05, 0) is 19.3 Å². The summed E-state index contributed by atoms with van der Waals surface area (Å²) < 4.78 is 24.3. The molecule has 1 heterocycles. The van der Waals surface area contributed by atoms with Crippen molar-refractivity contribution in [1.82, 2.24) is 9.55 Å². The van der Waals surface area contributed by atoms with Gasteiger partial charge < -0.3 is 4.57 Å². The maximum absolute atomic E-state index is 11.2. The smallest absolute Gasteiger partial charge is 0.280 e. The van der Waals surface area contributed by atoms with Crippen LogP contribution in [-0.4, -0.2) is 18.0 Å². The number of rotatable bonds is 7. The van der Waals surface area contributed by atoms with Crippen molar-refractivity contribution in [2.75, 3.05) is 0 Å². The normalized spacial score (nSPS) is 11.4. The number of aromatic nitrogens is 2. The topological polar surface area (TPSA) is 75.8 Å². The van der Waals surface area contributed by atoms with Gasteiger partial charge >= 0.3 is 0 Å². The van der Waals surface area contributed by atoms with E-state index in [4.69, 9.17) is 15.9 Å². The number of aryl methyl sites for hydroxylation is 2.